The molecule has 0 saturated carbocycles. The normalized spacial score (nSPS) is 10.5. The highest BCUT2D eigenvalue weighted by Crippen LogP contribution is 2.10. The van der Waals surface area contributed by atoms with Crippen LogP contribution < -0.4 is 5.32 Å². The second-order valence-electron chi connectivity index (χ2n) is 5.00. The summed E-state index contributed by atoms with van der Waals surface area (Å²) >= 11 is 0. The molecule has 2 N–H and O–H groups in total. The molecular formula is C17H16N4O2. The summed E-state index contributed by atoms with van der Waals surface area (Å²) in [5.74, 6) is -0.164. The number of hydrogen-bond acceptors (Lipinski definition) is 4. The Bertz CT molecular complexity index is 783. The van der Waals surface area contributed by atoms with Gasteiger partial charge in [0.15, 0.2) is 0 Å². The number of hydrogen-bond donors (Lipinski definition) is 2. The first-order valence-corrected chi connectivity index (χ1v) is 7.19. The summed E-state index contributed by atoms with van der Waals surface area (Å²) in [6.45, 7) is 0.332. The van der Waals surface area contributed by atoms with Gasteiger partial charge < -0.3 is 10.4 Å². The molecule has 0 fully saturated rings. The van der Waals surface area contributed by atoms with Gasteiger partial charge in [-0.3, -0.25) is 4.79 Å². The van der Waals surface area contributed by atoms with Crippen LogP contribution in [0.4, 0.5) is 0 Å². The third kappa shape index (κ3) is 3.44. The number of amides is 1. The summed E-state index contributed by atoms with van der Waals surface area (Å²) in [5, 5.41) is 16.2. The standard InChI is InChI=1S/C17H16N4O2/c22-10-15-4-2-1-3-14(15)9-19-17(23)13-5-7-16(8-6-13)21-12-18-11-20-21/h1-8,11-12,22H,9-10H2,(H,19,23). The second-order valence-corrected chi connectivity index (χ2v) is 5.00. The van der Waals surface area contributed by atoms with Crippen molar-refractivity contribution < 1.29 is 9.90 Å². The first-order chi connectivity index (χ1) is 11.3. The van der Waals surface area contributed by atoms with Crippen molar-refractivity contribution in [2.24, 2.45) is 0 Å². The van der Waals surface area contributed by atoms with Gasteiger partial charge in [0.05, 0.1) is 12.3 Å². The minimum Gasteiger partial charge on any atom is -0.392 e. The SMILES string of the molecule is O=C(NCc1ccccc1CO)c1ccc(-n2cncn2)cc1. The number of benzene rings is 2. The zero-order valence-corrected chi connectivity index (χ0v) is 12.4. The Morgan fingerprint density at radius 3 is 2.48 bits per heavy atom. The molecule has 3 aromatic rings. The molecule has 116 valence electrons. The van der Waals surface area contributed by atoms with E-state index in [0.29, 0.717) is 12.1 Å². The zero-order valence-electron chi connectivity index (χ0n) is 12.4. The van der Waals surface area contributed by atoms with Gasteiger partial charge in [-0.2, -0.15) is 5.10 Å². The van der Waals surface area contributed by atoms with Gasteiger partial charge in [0.2, 0.25) is 0 Å². The summed E-state index contributed by atoms with van der Waals surface area (Å²) in [6, 6.07) is 14.6. The van der Waals surface area contributed by atoms with Gasteiger partial charge >= 0.3 is 0 Å². The maximum atomic E-state index is 12.2. The van der Waals surface area contributed by atoms with Crippen molar-refractivity contribution in [1.82, 2.24) is 20.1 Å². The third-order valence-electron chi connectivity index (χ3n) is 3.54. The van der Waals surface area contributed by atoms with Crippen LogP contribution in [0, 0.1) is 0 Å². The minimum atomic E-state index is -0.164. The lowest BCUT2D eigenvalue weighted by Crippen LogP contribution is -2.23. The highest BCUT2D eigenvalue weighted by Gasteiger charge is 2.07. The van der Waals surface area contributed by atoms with Crippen LogP contribution in [-0.2, 0) is 13.2 Å². The summed E-state index contributed by atoms with van der Waals surface area (Å²) in [4.78, 5) is 16.1. The monoisotopic (exact) mass is 308 g/mol. The third-order valence-corrected chi connectivity index (χ3v) is 3.54. The van der Waals surface area contributed by atoms with Gasteiger partial charge in [-0.15, -0.1) is 0 Å². The Labute approximate surface area is 133 Å². The second kappa shape index (κ2) is 6.85. The summed E-state index contributed by atoms with van der Waals surface area (Å²) < 4.78 is 1.62. The predicted molar refractivity (Wildman–Crippen MR) is 84.9 cm³/mol. The Hall–Kier alpha value is -2.99. The van der Waals surface area contributed by atoms with Gasteiger partial charge in [-0.25, -0.2) is 9.67 Å². The number of aliphatic hydroxyl groups excluding tert-OH is 1. The van der Waals surface area contributed by atoms with E-state index < -0.39 is 0 Å². The van der Waals surface area contributed by atoms with Gasteiger partial charge in [-0.1, -0.05) is 24.3 Å². The number of nitrogens with one attached hydrogen (secondary N) is 1. The van der Waals surface area contributed by atoms with E-state index in [1.165, 1.54) is 6.33 Å². The molecule has 1 heterocycles. The van der Waals surface area contributed by atoms with E-state index in [1.807, 2.05) is 36.4 Å². The van der Waals surface area contributed by atoms with Crippen LogP contribution in [0.25, 0.3) is 5.69 Å². The van der Waals surface area contributed by atoms with Gasteiger partial charge in [0, 0.05) is 12.1 Å². The van der Waals surface area contributed by atoms with Crippen molar-refractivity contribution in [3.63, 3.8) is 0 Å². The van der Waals surface area contributed by atoms with Crippen LogP contribution in [0.5, 0.6) is 0 Å². The highest BCUT2D eigenvalue weighted by molar-refractivity contribution is 5.94. The molecule has 0 aliphatic heterocycles. The highest BCUT2D eigenvalue weighted by atomic mass is 16.3. The van der Waals surface area contributed by atoms with E-state index in [1.54, 1.807) is 23.1 Å². The van der Waals surface area contributed by atoms with Crippen LogP contribution in [0.2, 0.25) is 0 Å². The number of aliphatic hydroxyl groups is 1. The molecule has 2 aromatic carbocycles. The molecule has 1 aromatic heterocycles. The average molecular weight is 308 g/mol. The van der Waals surface area contributed by atoms with Crippen LogP contribution >= 0.6 is 0 Å². The van der Waals surface area contributed by atoms with Crippen molar-refractivity contribution in [1.29, 1.82) is 0 Å². The molecule has 0 aliphatic carbocycles. The number of aromatic nitrogens is 3. The Morgan fingerprint density at radius 1 is 1.09 bits per heavy atom. The van der Waals surface area contributed by atoms with E-state index in [9.17, 15) is 9.90 Å². The molecule has 0 unspecified atom stereocenters. The largest absolute Gasteiger partial charge is 0.392 e. The first-order valence-electron chi connectivity index (χ1n) is 7.19. The maximum absolute atomic E-state index is 12.2. The topological polar surface area (TPSA) is 80.0 Å². The lowest BCUT2D eigenvalue weighted by Gasteiger charge is -2.09. The van der Waals surface area contributed by atoms with E-state index in [4.69, 9.17) is 0 Å². The van der Waals surface area contributed by atoms with Crippen molar-refractivity contribution in [2.45, 2.75) is 13.2 Å². The first kappa shape index (κ1) is 14.9. The molecule has 1 amide bonds. The van der Waals surface area contributed by atoms with Gasteiger partial charge in [0.1, 0.15) is 12.7 Å². The number of carbonyl (C=O) groups excluding carboxylic acids is 1. The van der Waals surface area contributed by atoms with E-state index in [-0.39, 0.29) is 12.5 Å². The molecule has 23 heavy (non-hydrogen) atoms. The fraction of sp³-hybridized carbons (Fsp3) is 0.118. The number of rotatable bonds is 5. The summed E-state index contributed by atoms with van der Waals surface area (Å²) in [7, 11) is 0. The Kier molecular flexibility index (Phi) is 4.44. The zero-order chi connectivity index (χ0) is 16.1. The Balaban J connectivity index is 1.66. The van der Waals surface area contributed by atoms with E-state index in [0.717, 1.165) is 16.8 Å². The number of nitrogens with zero attached hydrogens (tertiary/aromatic N) is 3. The van der Waals surface area contributed by atoms with Crippen molar-refractivity contribution in [2.75, 3.05) is 0 Å². The van der Waals surface area contributed by atoms with Crippen molar-refractivity contribution in [3.05, 3.63) is 77.9 Å². The fourth-order valence-corrected chi connectivity index (χ4v) is 2.27. The summed E-state index contributed by atoms with van der Waals surface area (Å²) in [6.07, 6.45) is 3.06. The molecule has 0 atom stereocenters. The van der Waals surface area contributed by atoms with Crippen LogP contribution in [0.15, 0.2) is 61.2 Å². The Morgan fingerprint density at radius 2 is 1.83 bits per heavy atom. The fourth-order valence-electron chi connectivity index (χ4n) is 2.27. The maximum Gasteiger partial charge on any atom is 0.251 e. The molecule has 0 spiro atoms. The smallest absolute Gasteiger partial charge is 0.251 e. The number of carbonyl (C=O) groups is 1. The minimum absolute atomic E-state index is 0.0430. The van der Waals surface area contributed by atoms with E-state index in [2.05, 4.69) is 15.4 Å². The lowest BCUT2D eigenvalue weighted by atomic mass is 10.1. The van der Waals surface area contributed by atoms with Crippen molar-refractivity contribution in [3.8, 4) is 5.69 Å². The van der Waals surface area contributed by atoms with Gasteiger partial charge in [0.25, 0.3) is 5.91 Å². The molecule has 6 nitrogen and oxygen atoms in total. The van der Waals surface area contributed by atoms with Crippen LogP contribution in [-0.4, -0.2) is 25.8 Å². The van der Waals surface area contributed by atoms with Crippen LogP contribution in [0.3, 0.4) is 0 Å². The van der Waals surface area contributed by atoms with Crippen LogP contribution in [0.1, 0.15) is 21.5 Å². The quantitative estimate of drug-likeness (QED) is 0.751. The molecule has 0 saturated heterocycles. The molecule has 0 aliphatic rings. The molecule has 0 bridgehead atoms. The molecule has 0 radical (unpaired) electrons. The molecule has 3 rings (SSSR count). The molecule has 6 heteroatoms. The predicted octanol–water partition coefficient (Wildman–Crippen LogP) is 1.69. The van der Waals surface area contributed by atoms with E-state index >= 15 is 0 Å². The molecular weight excluding hydrogens is 292 g/mol. The van der Waals surface area contributed by atoms with Crippen molar-refractivity contribution >= 4 is 5.91 Å². The lowest BCUT2D eigenvalue weighted by molar-refractivity contribution is 0.0950. The summed E-state index contributed by atoms with van der Waals surface area (Å²) in [5.41, 5.74) is 3.12. The average Bonchev–Trinajstić information content (AvgIpc) is 3.14. The van der Waals surface area contributed by atoms with Gasteiger partial charge in [-0.05, 0) is 35.4 Å².